The number of rotatable bonds is 3. The molecule has 3 aromatic rings. The highest BCUT2D eigenvalue weighted by atomic mass is 16.2. The topological polar surface area (TPSA) is 74.8 Å². The van der Waals surface area contributed by atoms with Gasteiger partial charge in [0.2, 0.25) is 0 Å². The zero-order valence-corrected chi connectivity index (χ0v) is 15.0. The van der Waals surface area contributed by atoms with Crippen LogP contribution in [-0.2, 0) is 5.41 Å². The number of carbonyl (C=O) groups is 1. The van der Waals surface area contributed by atoms with Crippen LogP contribution in [0.4, 0.5) is 5.69 Å². The highest BCUT2D eigenvalue weighted by Crippen LogP contribution is 2.22. The number of pyridine rings is 2. The molecule has 2 aromatic heterocycles. The molecule has 0 saturated carbocycles. The number of aromatic nitrogens is 2. The Hall–Kier alpha value is -3.21. The fourth-order valence-corrected chi connectivity index (χ4v) is 2.57. The molecule has 0 saturated heterocycles. The van der Waals surface area contributed by atoms with Crippen LogP contribution < -0.4 is 10.9 Å². The summed E-state index contributed by atoms with van der Waals surface area (Å²) in [5.74, 6) is -0.325. The minimum absolute atomic E-state index is 0.0170. The fourth-order valence-electron chi connectivity index (χ4n) is 2.57. The highest BCUT2D eigenvalue weighted by molar-refractivity contribution is 6.04. The summed E-state index contributed by atoms with van der Waals surface area (Å²) < 4.78 is 0. The molecule has 1 aromatic carbocycles. The minimum atomic E-state index is -0.357. The lowest BCUT2D eigenvalue weighted by Crippen LogP contribution is -2.20. The predicted molar refractivity (Wildman–Crippen MR) is 103 cm³/mol. The molecule has 0 aliphatic rings. The molecule has 5 nitrogen and oxygen atoms in total. The highest BCUT2D eigenvalue weighted by Gasteiger charge is 2.15. The van der Waals surface area contributed by atoms with Gasteiger partial charge in [-0.2, -0.15) is 0 Å². The standard InChI is InChI=1S/C21H21N3O2/c1-21(2,3)16-9-7-14(8-10-16)19(25)24-18-12-15(13-23-20(18)26)17-6-4-5-11-22-17/h4-13H,1-3H3,(H,23,26)(H,24,25). The van der Waals surface area contributed by atoms with Crippen molar-refractivity contribution in [3.05, 3.63) is 82.4 Å². The van der Waals surface area contributed by atoms with Crippen molar-refractivity contribution < 1.29 is 4.79 Å². The number of hydrogen-bond donors (Lipinski definition) is 2. The van der Waals surface area contributed by atoms with Gasteiger partial charge in [-0.15, -0.1) is 0 Å². The third-order valence-electron chi connectivity index (χ3n) is 4.13. The molecular weight excluding hydrogens is 326 g/mol. The van der Waals surface area contributed by atoms with Gasteiger partial charge in [-0.3, -0.25) is 14.6 Å². The lowest BCUT2D eigenvalue weighted by atomic mass is 9.87. The second-order valence-electron chi connectivity index (χ2n) is 7.13. The first kappa shape index (κ1) is 17.6. The van der Waals surface area contributed by atoms with Crippen LogP contribution in [-0.4, -0.2) is 15.9 Å². The lowest BCUT2D eigenvalue weighted by Gasteiger charge is -2.19. The van der Waals surface area contributed by atoms with Crippen molar-refractivity contribution in [1.82, 2.24) is 9.97 Å². The van der Waals surface area contributed by atoms with E-state index in [9.17, 15) is 9.59 Å². The Bertz CT molecular complexity index is 969. The van der Waals surface area contributed by atoms with Crippen molar-refractivity contribution in [3.8, 4) is 11.3 Å². The number of carbonyl (C=O) groups excluding carboxylic acids is 1. The molecule has 0 spiro atoms. The van der Waals surface area contributed by atoms with Crippen molar-refractivity contribution in [3.63, 3.8) is 0 Å². The monoisotopic (exact) mass is 347 g/mol. The normalized spacial score (nSPS) is 11.2. The number of hydrogen-bond acceptors (Lipinski definition) is 3. The van der Waals surface area contributed by atoms with Gasteiger partial charge in [0.15, 0.2) is 0 Å². The molecule has 0 radical (unpaired) electrons. The van der Waals surface area contributed by atoms with Gasteiger partial charge in [0.05, 0.1) is 5.69 Å². The maximum Gasteiger partial charge on any atom is 0.271 e. The summed E-state index contributed by atoms with van der Waals surface area (Å²) in [6, 6.07) is 14.6. The Morgan fingerprint density at radius 2 is 1.81 bits per heavy atom. The van der Waals surface area contributed by atoms with Crippen LogP contribution in [0.2, 0.25) is 0 Å². The van der Waals surface area contributed by atoms with E-state index < -0.39 is 0 Å². The molecule has 0 unspecified atom stereocenters. The number of amides is 1. The number of nitrogens with one attached hydrogen (secondary N) is 2. The number of H-pyrrole nitrogens is 1. The third kappa shape index (κ3) is 3.88. The van der Waals surface area contributed by atoms with Gasteiger partial charge in [-0.05, 0) is 41.3 Å². The first-order chi connectivity index (χ1) is 12.3. The quantitative estimate of drug-likeness (QED) is 0.752. The predicted octanol–water partition coefficient (Wildman–Crippen LogP) is 3.99. The number of nitrogens with zero attached hydrogens (tertiary/aromatic N) is 1. The van der Waals surface area contributed by atoms with Crippen LogP contribution in [0.3, 0.4) is 0 Å². The van der Waals surface area contributed by atoms with E-state index in [1.807, 2.05) is 30.3 Å². The van der Waals surface area contributed by atoms with Gasteiger partial charge in [-0.1, -0.05) is 39.0 Å². The van der Waals surface area contributed by atoms with E-state index in [2.05, 4.69) is 36.1 Å². The van der Waals surface area contributed by atoms with E-state index >= 15 is 0 Å². The molecule has 0 aliphatic heterocycles. The van der Waals surface area contributed by atoms with Crippen molar-refractivity contribution in [2.24, 2.45) is 0 Å². The summed E-state index contributed by atoms with van der Waals surface area (Å²) in [7, 11) is 0. The molecule has 3 rings (SSSR count). The molecule has 2 N–H and O–H groups in total. The van der Waals surface area contributed by atoms with Crippen LogP contribution in [0.15, 0.2) is 65.7 Å². The van der Waals surface area contributed by atoms with Crippen LogP contribution in [0.25, 0.3) is 11.3 Å². The van der Waals surface area contributed by atoms with E-state index in [-0.39, 0.29) is 22.6 Å². The maximum absolute atomic E-state index is 12.5. The van der Waals surface area contributed by atoms with Gasteiger partial charge in [0, 0.05) is 23.5 Å². The Morgan fingerprint density at radius 3 is 2.42 bits per heavy atom. The Labute approximate surface area is 152 Å². The van der Waals surface area contributed by atoms with E-state index in [0.29, 0.717) is 11.3 Å². The fraction of sp³-hybridized carbons (Fsp3) is 0.190. The number of anilines is 1. The lowest BCUT2D eigenvalue weighted by molar-refractivity contribution is 0.102. The van der Waals surface area contributed by atoms with Crippen molar-refractivity contribution in [2.45, 2.75) is 26.2 Å². The van der Waals surface area contributed by atoms with Crippen LogP contribution in [0.1, 0.15) is 36.7 Å². The first-order valence-electron chi connectivity index (χ1n) is 8.40. The Morgan fingerprint density at radius 1 is 1.08 bits per heavy atom. The Kier molecular flexibility index (Phi) is 4.71. The number of aromatic amines is 1. The Balaban J connectivity index is 1.84. The molecule has 0 aliphatic carbocycles. The zero-order chi connectivity index (χ0) is 18.7. The molecule has 132 valence electrons. The second-order valence-corrected chi connectivity index (χ2v) is 7.13. The molecular formula is C21H21N3O2. The van der Waals surface area contributed by atoms with Gasteiger partial charge in [-0.25, -0.2) is 0 Å². The summed E-state index contributed by atoms with van der Waals surface area (Å²) in [6.07, 6.45) is 3.26. The molecule has 5 heteroatoms. The first-order valence-corrected chi connectivity index (χ1v) is 8.40. The summed E-state index contributed by atoms with van der Waals surface area (Å²) in [5.41, 5.74) is 2.94. The van der Waals surface area contributed by atoms with Crippen molar-refractivity contribution in [1.29, 1.82) is 0 Å². The van der Waals surface area contributed by atoms with Gasteiger partial charge in [0.1, 0.15) is 5.69 Å². The summed E-state index contributed by atoms with van der Waals surface area (Å²) in [6.45, 7) is 6.35. The summed E-state index contributed by atoms with van der Waals surface area (Å²) >= 11 is 0. The van der Waals surface area contributed by atoms with Crippen molar-refractivity contribution in [2.75, 3.05) is 5.32 Å². The molecule has 1 amide bonds. The van der Waals surface area contributed by atoms with Crippen LogP contribution >= 0.6 is 0 Å². The van der Waals surface area contributed by atoms with E-state index in [4.69, 9.17) is 0 Å². The largest absolute Gasteiger partial charge is 0.327 e. The zero-order valence-electron chi connectivity index (χ0n) is 15.0. The smallest absolute Gasteiger partial charge is 0.271 e. The second kappa shape index (κ2) is 6.96. The maximum atomic E-state index is 12.5. The van der Waals surface area contributed by atoms with E-state index in [1.54, 1.807) is 30.6 Å². The SMILES string of the molecule is CC(C)(C)c1ccc(C(=O)Nc2cc(-c3ccccn3)c[nH]c2=O)cc1. The van der Waals surface area contributed by atoms with E-state index in [1.165, 1.54) is 0 Å². The average Bonchev–Trinajstić information content (AvgIpc) is 2.63. The van der Waals surface area contributed by atoms with Crippen LogP contribution in [0.5, 0.6) is 0 Å². The number of benzene rings is 1. The summed E-state index contributed by atoms with van der Waals surface area (Å²) in [4.78, 5) is 31.5. The summed E-state index contributed by atoms with van der Waals surface area (Å²) in [5, 5.41) is 2.68. The van der Waals surface area contributed by atoms with Gasteiger partial charge < -0.3 is 10.3 Å². The van der Waals surface area contributed by atoms with E-state index in [0.717, 1.165) is 11.1 Å². The molecule has 0 atom stereocenters. The van der Waals surface area contributed by atoms with Gasteiger partial charge in [0.25, 0.3) is 11.5 Å². The molecule has 0 bridgehead atoms. The molecule has 26 heavy (non-hydrogen) atoms. The third-order valence-corrected chi connectivity index (χ3v) is 4.13. The van der Waals surface area contributed by atoms with Crippen molar-refractivity contribution >= 4 is 11.6 Å². The van der Waals surface area contributed by atoms with Crippen LogP contribution in [0, 0.1) is 0 Å². The molecule has 2 heterocycles. The molecule has 0 fully saturated rings. The average molecular weight is 347 g/mol. The van der Waals surface area contributed by atoms with Gasteiger partial charge >= 0.3 is 0 Å². The minimum Gasteiger partial charge on any atom is -0.327 e.